The molecule has 6 heterocycles. The van der Waals surface area contributed by atoms with Crippen molar-refractivity contribution in [1.82, 2.24) is 24.7 Å². The Morgan fingerprint density at radius 2 is 1.91 bits per heavy atom. The van der Waals surface area contributed by atoms with Crippen LogP contribution >= 0.6 is 0 Å². The molecular weight excluding hydrogens is 553 g/mol. The van der Waals surface area contributed by atoms with Gasteiger partial charge in [-0.2, -0.15) is 10.1 Å². The number of alkyl halides is 1. The Hall–Kier alpha value is -4.48. The summed E-state index contributed by atoms with van der Waals surface area (Å²) >= 11 is 0. The van der Waals surface area contributed by atoms with Crippen molar-refractivity contribution >= 4 is 28.9 Å². The molecule has 1 aromatic carbocycles. The standard InChI is InChI=1S/C31H34FN7O4/c1-17-5-6-18(27-35-29(43-36-27)22-13-24(22)32)11-25(17)34-28(40)23-14-33-39-10-9-19(12-26(23)39)37-15-21-8-7-20(37)16-38(21)30(41)42-31(2,3)4/h5-6,9-12,14,20-22,24H,7-8,13,15-16H2,1-4H3,(H,34,40)/t20?,21?,22-,24-/m0/s1. The van der Waals surface area contributed by atoms with E-state index >= 15 is 0 Å². The summed E-state index contributed by atoms with van der Waals surface area (Å²) in [4.78, 5) is 34.9. The topological polar surface area (TPSA) is 118 Å². The number of benzene rings is 1. The lowest BCUT2D eigenvalue weighted by Gasteiger charge is -2.52. The molecule has 4 aliphatic rings. The molecule has 43 heavy (non-hydrogen) atoms. The van der Waals surface area contributed by atoms with Gasteiger partial charge in [-0.25, -0.2) is 13.7 Å². The van der Waals surface area contributed by atoms with Crippen molar-refractivity contribution in [3.63, 3.8) is 0 Å². The van der Waals surface area contributed by atoms with Crippen LogP contribution in [0.5, 0.6) is 0 Å². The first kappa shape index (κ1) is 27.4. The van der Waals surface area contributed by atoms with Crippen LogP contribution in [0.2, 0.25) is 0 Å². The fraction of sp³-hybridized carbons (Fsp3) is 0.452. The van der Waals surface area contributed by atoms with E-state index in [9.17, 15) is 14.0 Å². The summed E-state index contributed by atoms with van der Waals surface area (Å²) in [5.74, 6) is 0.0349. The number of anilines is 2. The van der Waals surface area contributed by atoms with Crippen molar-refractivity contribution in [3.05, 3.63) is 59.7 Å². The summed E-state index contributed by atoms with van der Waals surface area (Å²) < 4.78 is 26.0. The number of pyridine rings is 1. The second-order valence-corrected chi connectivity index (χ2v) is 12.7. The van der Waals surface area contributed by atoms with Crippen LogP contribution in [0, 0.1) is 6.92 Å². The molecule has 224 valence electrons. The van der Waals surface area contributed by atoms with Gasteiger partial charge >= 0.3 is 6.09 Å². The molecule has 4 fully saturated rings. The first-order chi connectivity index (χ1) is 20.5. The average Bonchev–Trinajstić information content (AvgIpc) is 3.34. The van der Waals surface area contributed by atoms with E-state index in [1.54, 1.807) is 16.8 Å². The second-order valence-electron chi connectivity index (χ2n) is 12.7. The lowest BCUT2D eigenvalue weighted by Crippen LogP contribution is -2.64. The number of nitrogens with zero attached hydrogens (tertiary/aromatic N) is 6. The van der Waals surface area contributed by atoms with Gasteiger partial charge in [0.15, 0.2) is 0 Å². The van der Waals surface area contributed by atoms with E-state index in [0.717, 1.165) is 24.1 Å². The van der Waals surface area contributed by atoms with Gasteiger partial charge in [0.1, 0.15) is 11.8 Å². The maximum atomic E-state index is 13.5. The molecule has 11 nitrogen and oxygen atoms in total. The highest BCUT2D eigenvalue weighted by atomic mass is 19.1. The van der Waals surface area contributed by atoms with Crippen LogP contribution in [-0.4, -0.2) is 73.6 Å². The van der Waals surface area contributed by atoms with Crippen molar-refractivity contribution in [1.29, 1.82) is 0 Å². The predicted molar refractivity (Wildman–Crippen MR) is 157 cm³/mol. The summed E-state index contributed by atoms with van der Waals surface area (Å²) in [6, 6.07) is 9.72. The second kappa shape index (κ2) is 10.1. The van der Waals surface area contributed by atoms with Gasteiger partial charge in [0.2, 0.25) is 11.7 Å². The minimum atomic E-state index is -0.926. The number of fused-ring (bicyclic) bond motifs is 4. The molecule has 4 aromatic rings. The van der Waals surface area contributed by atoms with Crippen LogP contribution in [-0.2, 0) is 4.74 Å². The first-order valence-corrected chi connectivity index (χ1v) is 14.7. The van der Waals surface area contributed by atoms with E-state index < -0.39 is 11.8 Å². The van der Waals surface area contributed by atoms with E-state index in [0.29, 0.717) is 53.6 Å². The van der Waals surface area contributed by atoms with Gasteiger partial charge in [0, 0.05) is 42.3 Å². The van der Waals surface area contributed by atoms with E-state index in [2.05, 4.69) is 25.5 Å². The van der Waals surface area contributed by atoms with Crippen molar-refractivity contribution in [2.24, 2.45) is 0 Å². The van der Waals surface area contributed by atoms with Crippen LogP contribution in [0.4, 0.5) is 20.6 Å². The smallest absolute Gasteiger partial charge is 0.410 e. The molecular formula is C31H34FN7O4. The monoisotopic (exact) mass is 587 g/mol. The number of aryl methyl sites for hydroxylation is 1. The number of hydrogen-bond acceptors (Lipinski definition) is 8. The number of carbonyl (C=O) groups is 2. The Balaban J connectivity index is 1.10. The number of nitrogens with one attached hydrogen (secondary N) is 1. The lowest BCUT2D eigenvalue weighted by atomic mass is 9.90. The molecule has 12 heteroatoms. The summed E-state index contributed by atoms with van der Waals surface area (Å²) in [6.07, 6.45) is 4.55. The average molecular weight is 588 g/mol. The fourth-order valence-electron chi connectivity index (χ4n) is 6.02. The third-order valence-electron chi connectivity index (χ3n) is 8.45. The predicted octanol–water partition coefficient (Wildman–Crippen LogP) is 5.36. The molecule has 1 aliphatic carbocycles. The molecule has 8 rings (SSSR count). The minimum Gasteiger partial charge on any atom is -0.444 e. The van der Waals surface area contributed by atoms with Gasteiger partial charge in [-0.15, -0.1) is 0 Å². The zero-order valence-corrected chi connectivity index (χ0v) is 24.6. The van der Waals surface area contributed by atoms with Crippen molar-refractivity contribution < 1.29 is 23.2 Å². The Labute approximate surface area is 248 Å². The molecule has 3 aliphatic heterocycles. The van der Waals surface area contributed by atoms with Crippen LogP contribution in [0.25, 0.3) is 16.9 Å². The van der Waals surface area contributed by atoms with Crippen LogP contribution in [0.3, 0.4) is 0 Å². The molecule has 0 radical (unpaired) electrons. The molecule has 4 atom stereocenters. The number of halogens is 1. The molecule has 3 saturated heterocycles. The van der Waals surface area contributed by atoms with Crippen molar-refractivity contribution in [2.45, 2.75) is 76.7 Å². The zero-order chi connectivity index (χ0) is 30.0. The minimum absolute atomic E-state index is 0.0666. The quantitative estimate of drug-likeness (QED) is 0.332. The van der Waals surface area contributed by atoms with Gasteiger partial charge in [0.05, 0.1) is 29.2 Å². The number of rotatable bonds is 5. The summed E-state index contributed by atoms with van der Waals surface area (Å²) in [5.41, 5.74) is 3.70. The zero-order valence-electron chi connectivity index (χ0n) is 24.6. The number of ether oxygens (including phenoxy) is 1. The number of aromatic nitrogens is 4. The molecule has 2 unspecified atom stereocenters. The lowest BCUT2D eigenvalue weighted by molar-refractivity contribution is 0.000874. The number of piperidine rings is 2. The van der Waals surface area contributed by atoms with Gasteiger partial charge < -0.3 is 24.4 Å². The number of hydrogen-bond donors (Lipinski definition) is 1. The SMILES string of the molecule is Cc1ccc(-c2noc([C@H]3C[C@@H]3F)n2)cc1NC(=O)c1cnn2ccc(N3CC4CCC3CN4C(=O)OC(C)(C)C)cc12. The number of piperazine rings is 1. The highest BCUT2D eigenvalue weighted by molar-refractivity contribution is 6.09. The van der Waals surface area contributed by atoms with E-state index in [-0.39, 0.29) is 30.0 Å². The number of amides is 2. The maximum Gasteiger partial charge on any atom is 0.410 e. The Morgan fingerprint density at radius 3 is 2.63 bits per heavy atom. The van der Waals surface area contributed by atoms with Gasteiger partial charge in [-0.05, 0) is 70.7 Å². The summed E-state index contributed by atoms with van der Waals surface area (Å²) in [5, 5.41) is 11.4. The molecule has 1 saturated carbocycles. The van der Waals surface area contributed by atoms with E-state index in [4.69, 9.17) is 9.26 Å². The van der Waals surface area contributed by atoms with E-state index in [1.165, 1.54) is 0 Å². The highest BCUT2D eigenvalue weighted by Crippen LogP contribution is 2.43. The van der Waals surface area contributed by atoms with Gasteiger partial charge in [-0.3, -0.25) is 4.79 Å². The third-order valence-corrected chi connectivity index (χ3v) is 8.45. The Bertz CT molecular complexity index is 1730. The van der Waals surface area contributed by atoms with Crippen LogP contribution < -0.4 is 10.2 Å². The highest BCUT2D eigenvalue weighted by Gasteiger charge is 2.44. The fourth-order valence-corrected chi connectivity index (χ4v) is 6.02. The summed E-state index contributed by atoms with van der Waals surface area (Å²) in [7, 11) is 0. The maximum absolute atomic E-state index is 13.5. The van der Waals surface area contributed by atoms with Crippen LogP contribution in [0.1, 0.15) is 67.8 Å². The van der Waals surface area contributed by atoms with Gasteiger partial charge in [-0.1, -0.05) is 17.3 Å². The van der Waals surface area contributed by atoms with E-state index in [1.807, 2.05) is 63.1 Å². The number of carbonyl (C=O) groups excluding carboxylic acids is 2. The van der Waals surface area contributed by atoms with Gasteiger partial charge in [0.25, 0.3) is 5.91 Å². The molecule has 3 aromatic heterocycles. The molecule has 2 amide bonds. The molecule has 2 bridgehead atoms. The largest absolute Gasteiger partial charge is 0.444 e. The normalized spacial score (nSPS) is 23.1. The Morgan fingerprint density at radius 1 is 1.12 bits per heavy atom. The van der Waals surface area contributed by atoms with Crippen molar-refractivity contribution in [3.8, 4) is 11.4 Å². The van der Waals surface area contributed by atoms with Crippen LogP contribution in [0.15, 0.2) is 47.2 Å². The first-order valence-electron chi connectivity index (χ1n) is 14.7. The third kappa shape index (κ3) is 5.19. The van der Waals surface area contributed by atoms with Crippen molar-refractivity contribution in [2.75, 3.05) is 23.3 Å². The summed E-state index contributed by atoms with van der Waals surface area (Å²) in [6.45, 7) is 8.85. The molecule has 1 N–H and O–H groups in total. The molecule has 0 spiro atoms. The Kier molecular flexibility index (Phi) is 6.40.